The van der Waals surface area contributed by atoms with E-state index in [2.05, 4.69) is 110 Å². The Morgan fingerprint density at radius 3 is 1.61 bits per heavy atom. The second-order valence-electron chi connectivity index (χ2n) is 26.5. The van der Waals surface area contributed by atoms with Gasteiger partial charge in [-0.05, 0) is 142 Å². The zero-order valence-electron chi connectivity index (χ0n) is 71.4. The molecule has 6 heteroatoms. The highest BCUT2D eigenvalue weighted by molar-refractivity contribution is 7.20. The van der Waals surface area contributed by atoms with Crippen LogP contribution in [0.1, 0.15) is 133 Å². The normalized spacial score (nSPS) is 15.7. The van der Waals surface area contributed by atoms with Crippen molar-refractivity contribution in [3.8, 4) is 50.9 Å². The van der Waals surface area contributed by atoms with E-state index < -0.39 is 155 Å². The van der Waals surface area contributed by atoms with Crippen molar-refractivity contribution in [3.05, 3.63) is 283 Å². The third-order valence-corrected chi connectivity index (χ3v) is 20.6. The van der Waals surface area contributed by atoms with Gasteiger partial charge in [0, 0.05) is 23.0 Å². The summed E-state index contributed by atoms with van der Waals surface area (Å²) < 4.78 is 204. The first-order valence-electron chi connectivity index (χ1n) is 39.4. The predicted octanol–water partition coefficient (Wildman–Crippen LogP) is 17.9. The first-order valence-corrected chi connectivity index (χ1v) is 31.4. The van der Waals surface area contributed by atoms with Crippen LogP contribution < -0.4 is 30.1 Å². The van der Waals surface area contributed by atoms with Crippen LogP contribution in [0.2, 0.25) is 0 Å². The van der Waals surface area contributed by atoms with Gasteiger partial charge in [0.2, 0.25) is 0 Å². The van der Waals surface area contributed by atoms with Crippen LogP contribution in [0.15, 0.2) is 254 Å². The molecule has 5 nitrogen and oxygen atoms in total. The van der Waals surface area contributed by atoms with Gasteiger partial charge in [-0.15, -0.1) is 0 Å². The summed E-state index contributed by atoms with van der Waals surface area (Å²) in [6, 6.07) is 21.6. The molecular weight excluding hydrogens is 1090 g/mol. The fraction of sp³-hybridized carbons (Fsp3) is 0.195. The molecule has 0 spiro atoms. The Morgan fingerprint density at radius 2 is 1.01 bits per heavy atom. The lowest BCUT2D eigenvalue weighted by atomic mass is 9.79. The van der Waals surface area contributed by atoms with Gasteiger partial charge in [0.1, 0.15) is 17.3 Å². The number of hydrogen-bond acceptors (Lipinski definition) is 2. The molecule has 0 aliphatic carbocycles. The summed E-state index contributed by atoms with van der Waals surface area (Å²) in [5.74, 6) is 1.55. The maximum Gasteiger partial charge on any atom is 0.269 e. The lowest BCUT2D eigenvalue weighted by Gasteiger charge is -2.38. The first-order chi connectivity index (χ1) is 50.4. The SMILES string of the molecule is [2H]c1c([2H])c([2H])c(-c2cc(C(C)(C)C)c(-[n+]3[c-]n(-c4cccc(Oc5ccc6c7ccccc7n(-c7cc(C(C)(C)C)ccn7)c6c5)c4)c4cc(-c5cc(C(C)(C)C)cc(C(C)(C)C)c5)ccc43)c([Si](c3c([2H])c([2H])c([2H])c([2H])c3[2H])(c3c([2H])c([2H])c([2H])c([2H])c3[2H])c3c([2H])c([2H])c([2H])c([2H])c3[2H])c2)c([2H])c1[2H]. The average molecular weight is 1180 g/mol. The van der Waals surface area contributed by atoms with Crippen LogP contribution in [0.25, 0.3) is 72.3 Å². The molecule has 0 atom stereocenters. The number of fused-ring (bicyclic) bond motifs is 4. The molecule has 0 N–H and O–H groups in total. The Kier molecular flexibility index (Phi) is 9.73. The highest BCUT2D eigenvalue weighted by atomic mass is 28.3. The summed E-state index contributed by atoms with van der Waals surface area (Å²) in [6.07, 6.45) is 5.46. The van der Waals surface area contributed by atoms with E-state index in [9.17, 15) is 19.2 Å². The van der Waals surface area contributed by atoms with E-state index in [-0.39, 0.29) is 38.2 Å². The van der Waals surface area contributed by atoms with Crippen LogP contribution >= 0.6 is 0 Å². The largest absolute Gasteiger partial charge is 0.458 e. The molecule has 0 fully saturated rings. The highest BCUT2D eigenvalue weighted by Crippen LogP contribution is 2.40. The van der Waals surface area contributed by atoms with E-state index in [1.54, 1.807) is 54.2 Å². The molecule has 0 bridgehead atoms. The fourth-order valence-electron chi connectivity index (χ4n) is 11.8. The molecular formula is C82H78N4OSi. The Bertz CT molecular complexity index is 5680. The number of para-hydroxylation sites is 1. The maximum atomic E-state index is 10.2. The molecule has 3 heterocycles. The molecule has 0 radical (unpaired) electrons. The zero-order chi connectivity index (χ0) is 78.7. The summed E-state index contributed by atoms with van der Waals surface area (Å²) in [6.45, 7) is 24.6. The summed E-state index contributed by atoms with van der Waals surface area (Å²) in [4.78, 5) is 4.89. The number of hydrogen-bond donors (Lipinski definition) is 0. The van der Waals surface area contributed by atoms with Gasteiger partial charge in [0.05, 0.1) is 60.9 Å². The van der Waals surface area contributed by atoms with Crippen molar-refractivity contribution in [2.75, 3.05) is 0 Å². The van der Waals surface area contributed by atoms with Gasteiger partial charge in [0.15, 0.2) is 8.07 Å². The fourth-order valence-corrected chi connectivity index (χ4v) is 15.8. The molecule has 0 aliphatic rings. The van der Waals surface area contributed by atoms with Gasteiger partial charge in [-0.1, -0.05) is 271 Å². The quantitative estimate of drug-likeness (QED) is 0.0560. The first kappa shape index (κ1) is 38.7. The van der Waals surface area contributed by atoms with E-state index in [0.29, 0.717) is 34.0 Å². The van der Waals surface area contributed by atoms with Crippen LogP contribution in [0.4, 0.5) is 0 Å². The van der Waals surface area contributed by atoms with Crippen LogP contribution in [0.3, 0.4) is 0 Å². The Morgan fingerprint density at radius 1 is 0.443 bits per heavy atom. The number of aromatic nitrogens is 4. The van der Waals surface area contributed by atoms with Crippen LogP contribution in [0.5, 0.6) is 11.5 Å². The number of nitrogens with zero attached hydrogens (tertiary/aromatic N) is 4. The van der Waals surface area contributed by atoms with E-state index in [1.807, 2.05) is 66.9 Å². The summed E-state index contributed by atoms with van der Waals surface area (Å²) in [5.41, 5.74) is 5.05. The second-order valence-corrected chi connectivity index (χ2v) is 30.0. The Balaban J connectivity index is 1.23. The van der Waals surface area contributed by atoms with Crippen molar-refractivity contribution in [2.45, 2.75) is 105 Å². The monoisotopic (exact) mass is 1180 g/mol. The molecule has 0 amide bonds. The number of rotatable bonds is 11. The van der Waals surface area contributed by atoms with Crippen LogP contribution in [-0.2, 0) is 21.7 Å². The predicted molar refractivity (Wildman–Crippen MR) is 372 cm³/mol. The molecule has 0 unspecified atom stereocenters. The third kappa shape index (κ3) is 10.6. The molecule has 88 heavy (non-hydrogen) atoms. The van der Waals surface area contributed by atoms with Gasteiger partial charge < -0.3 is 4.74 Å². The molecule has 13 rings (SSSR count). The Labute approximate surface area is 549 Å². The number of imidazole rings is 1. The van der Waals surface area contributed by atoms with Crippen molar-refractivity contribution < 1.29 is 36.7 Å². The van der Waals surface area contributed by atoms with Gasteiger partial charge in [-0.25, -0.2) is 4.98 Å². The van der Waals surface area contributed by atoms with E-state index in [1.165, 1.54) is 6.07 Å². The number of benzene rings is 10. The molecule has 0 saturated heterocycles. The standard InChI is InChI=1S/C82H78N4OSi/c1-79(2,3)60-44-45-83-77(52-60)86-72-39-26-25-38-69(72)70-42-41-65(54-74(70)86)87-64-31-27-30-63(53-64)84-55-85(73-43-40-57(49-75(73)84)58-46-61(80(4,5)6)51-62(47-58)81(7,8)9)78-71(82(10,11)12)48-59(56-28-17-13-18-29-56)50-76(78)88(66-32-19-14-20-33-66,67-34-21-15-22-35-67)68-36-23-16-24-37-68/h13-54H,1-12H3/i13D,14D,15D,16D,17D,18D,19D,20D,21D,22D,23D,24D,28D,29D,32D,33D,34D,35D,36D,37D. The van der Waals surface area contributed by atoms with Crippen LogP contribution in [-0.4, -0.2) is 22.2 Å². The molecule has 3 aromatic heterocycles. The van der Waals surface area contributed by atoms with Crippen LogP contribution in [0, 0.1) is 6.33 Å². The van der Waals surface area contributed by atoms with Crippen molar-refractivity contribution in [1.29, 1.82) is 0 Å². The van der Waals surface area contributed by atoms with Gasteiger partial charge in [0.25, 0.3) is 6.33 Å². The molecule has 0 aliphatic heterocycles. The van der Waals surface area contributed by atoms with Crippen molar-refractivity contribution in [2.24, 2.45) is 0 Å². The summed E-state index contributed by atoms with van der Waals surface area (Å²) >= 11 is 0. The van der Waals surface area contributed by atoms with Crippen molar-refractivity contribution in [1.82, 2.24) is 14.1 Å². The highest BCUT2D eigenvalue weighted by Gasteiger charge is 2.45. The summed E-state index contributed by atoms with van der Waals surface area (Å²) in [7, 11) is -6.21. The minimum atomic E-state index is -6.21. The number of pyridine rings is 1. The third-order valence-electron chi connectivity index (χ3n) is 16.4. The minimum Gasteiger partial charge on any atom is -0.458 e. The molecule has 436 valence electrons. The zero-order valence-corrected chi connectivity index (χ0v) is 52.4. The Hall–Kier alpha value is -9.36. The topological polar surface area (TPSA) is 35.9 Å². The van der Waals surface area contributed by atoms with Gasteiger partial charge in [-0.3, -0.25) is 13.7 Å². The molecule has 0 saturated carbocycles. The second kappa shape index (κ2) is 22.1. The van der Waals surface area contributed by atoms with Gasteiger partial charge >= 0.3 is 0 Å². The van der Waals surface area contributed by atoms with E-state index in [0.717, 1.165) is 49.6 Å². The minimum absolute atomic E-state index is 0.0735. The van der Waals surface area contributed by atoms with Crippen molar-refractivity contribution in [3.63, 3.8) is 0 Å². The molecule has 10 aromatic carbocycles. The number of ether oxygens (including phenoxy) is 1. The summed E-state index contributed by atoms with van der Waals surface area (Å²) in [5, 5.41) is -0.815. The van der Waals surface area contributed by atoms with Crippen molar-refractivity contribution >= 4 is 61.7 Å². The van der Waals surface area contributed by atoms with E-state index in [4.69, 9.17) is 17.9 Å². The average Bonchev–Trinajstić information content (AvgIpc) is 0.748. The lowest BCUT2D eigenvalue weighted by molar-refractivity contribution is -0.572. The van der Waals surface area contributed by atoms with E-state index >= 15 is 0 Å². The lowest BCUT2D eigenvalue weighted by Crippen LogP contribution is -2.76. The maximum absolute atomic E-state index is 10.2. The molecule has 13 aromatic rings. The smallest absolute Gasteiger partial charge is 0.269 e. The van der Waals surface area contributed by atoms with Gasteiger partial charge in [-0.2, -0.15) is 0 Å².